The van der Waals surface area contributed by atoms with E-state index in [1.165, 1.54) is 0 Å². The van der Waals surface area contributed by atoms with E-state index in [4.69, 9.17) is 14.2 Å². The molecule has 1 spiro atoms. The van der Waals surface area contributed by atoms with Crippen LogP contribution in [0.25, 0.3) is 0 Å². The number of fused-ring (bicyclic) bond motifs is 1. The van der Waals surface area contributed by atoms with Gasteiger partial charge in [0, 0.05) is 50.5 Å². The lowest BCUT2D eigenvalue weighted by atomic mass is 9.82. The van der Waals surface area contributed by atoms with Crippen molar-refractivity contribution >= 4 is 11.7 Å². The molecule has 2 aliphatic rings. The number of hydrogen-bond acceptors (Lipinski definition) is 7. The van der Waals surface area contributed by atoms with Crippen LogP contribution >= 0.6 is 0 Å². The first kappa shape index (κ1) is 16.6. The minimum absolute atomic E-state index is 0.0511. The molecule has 1 saturated heterocycles. The standard InChI is InChI=1S/C19H21N3O4/c1-24-13-10-15(25-2)17-14(23)12-19(26-16(17)11-13)4-8-22(9-5-19)18-20-6-3-7-21-18/h3,6-7,10-11H,4-5,8-9,12H2,1-2H3. The molecule has 0 atom stereocenters. The summed E-state index contributed by atoms with van der Waals surface area (Å²) in [5.41, 5.74) is 0.0139. The number of rotatable bonds is 3. The van der Waals surface area contributed by atoms with E-state index < -0.39 is 5.60 Å². The number of hydrogen-bond donors (Lipinski definition) is 0. The maximum absolute atomic E-state index is 12.9. The molecule has 3 heterocycles. The molecule has 0 aliphatic carbocycles. The normalized spacial score (nSPS) is 18.2. The van der Waals surface area contributed by atoms with Gasteiger partial charge in [-0.3, -0.25) is 4.79 Å². The van der Waals surface area contributed by atoms with Crippen LogP contribution < -0.4 is 19.1 Å². The summed E-state index contributed by atoms with van der Waals surface area (Å²) in [7, 11) is 3.13. The van der Waals surface area contributed by atoms with Gasteiger partial charge in [-0.25, -0.2) is 9.97 Å². The third kappa shape index (κ3) is 2.83. The Labute approximate surface area is 151 Å². The number of aromatic nitrogens is 2. The quantitative estimate of drug-likeness (QED) is 0.837. The lowest BCUT2D eigenvalue weighted by molar-refractivity contribution is 0.0224. The third-order valence-corrected chi connectivity index (χ3v) is 5.09. The highest BCUT2D eigenvalue weighted by Crippen LogP contribution is 2.44. The van der Waals surface area contributed by atoms with Gasteiger partial charge in [0.2, 0.25) is 5.95 Å². The number of methoxy groups -OCH3 is 2. The SMILES string of the molecule is COc1cc(OC)c2c(c1)OC1(CCN(c3ncccn3)CC1)CC2=O. The highest BCUT2D eigenvalue weighted by atomic mass is 16.5. The van der Waals surface area contributed by atoms with Crippen molar-refractivity contribution in [3.63, 3.8) is 0 Å². The van der Waals surface area contributed by atoms with Gasteiger partial charge in [-0.1, -0.05) is 0 Å². The van der Waals surface area contributed by atoms with Crippen molar-refractivity contribution in [3.8, 4) is 17.2 Å². The molecule has 7 heteroatoms. The second-order valence-electron chi connectivity index (χ2n) is 6.62. The van der Waals surface area contributed by atoms with Crippen LogP contribution in [-0.2, 0) is 0 Å². The van der Waals surface area contributed by atoms with Gasteiger partial charge in [0.1, 0.15) is 28.4 Å². The fourth-order valence-electron chi connectivity index (χ4n) is 3.70. The monoisotopic (exact) mass is 355 g/mol. The van der Waals surface area contributed by atoms with Gasteiger partial charge in [0.25, 0.3) is 0 Å². The Morgan fingerprint density at radius 3 is 2.50 bits per heavy atom. The van der Waals surface area contributed by atoms with Gasteiger partial charge in [-0.2, -0.15) is 0 Å². The first-order chi connectivity index (χ1) is 12.6. The Kier molecular flexibility index (Phi) is 4.14. The van der Waals surface area contributed by atoms with Gasteiger partial charge < -0.3 is 19.1 Å². The summed E-state index contributed by atoms with van der Waals surface area (Å²) in [5.74, 6) is 2.42. The van der Waals surface area contributed by atoms with Crippen molar-refractivity contribution in [2.45, 2.75) is 24.9 Å². The Hall–Kier alpha value is -2.83. The predicted molar refractivity (Wildman–Crippen MR) is 95.3 cm³/mol. The van der Waals surface area contributed by atoms with Crippen LogP contribution in [0.1, 0.15) is 29.6 Å². The molecule has 2 aliphatic heterocycles. The molecule has 0 N–H and O–H groups in total. The Balaban J connectivity index is 1.58. The van der Waals surface area contributed by atoms with E-state index in [0.717, 1.165) is 25.9 Å². The van der Waals surface area contributed by atoms with E-state index in [0.29, 0.717) is 35.2 Å². The summed E-state index contributed by atoms with van der Waals surface area (Å²) in [6, 6.07) is 5.28. The molecule has 0 saturated carbocycles. The fraction of sp³-hybridized carbons (Fsp3) is 0.421. The van der Waals surface area contributed by atoms with Crippen LogP contribution in [0.15, 0.2) is 30.6 Å². The summed E-state index contributed by atoms with van der Waals surface area (Å²) < 4.78 is 17.0. The van der Waals surface area contributed by atoms with Gasteiger partial charge >= 0.3 is 0 Å². The van der Waals surface area contributed by atoms with E-state index in [-0.39, 0.29) is 5.78 Å². The molecule has 0 unspecified atom stereocenters. The molecule has 1 fully saturated rings. The third-order valence-electron chi connectivity index (χ3n) is 5.09. The fourth-order valence-corrected chi connectivity index (χ4v) is 3.70. The van der Waals surface area contributed by atoms with Crippen LogP contribution in [0, 0.1) is 0 Å². The van der Waals surface area contributed by atoms with Crippen molar-refractivity contribution in [2.24, 2.45) is 0 Å². The summed E-state index contributed by atoms with van der Waals surface area (Å²) in [6.45, 7) is 1.49. The summed E-state index contributed by atoms with van der Waals surface area (Å²) >= 11 is 0. The minimum atomic E-state index is -0.493. The highest BCUT2D eigenvalue weighted by molar-refractivity contribution is 6.03. The van der Waals surface area contributed by atoms with Gasteiger partial charge in [0.05, 0.1) is 20.6 Å². The molecule has 0 amide bonds. The van der Waals surface area contributed by atoms with Crippen molar-refractivity contribution in [1.29, 1.82) is 0 Å². The predicted octanol–water partition coefficient (Wildman–Crippen LogP) is 2.50. The zero-order valence-corrected chi connectivity index (χ0v) is 14.9. The molecular weight excluding hydrogens is 334 g/mol. The highest BCUT2D eigenvalue weighted by Gasteiger charge is 2.44. The lowest BCUT2D eigenvalue weighted by Gasteiger charge is -2.44. The van der Waals surface area contributed by atoms with Gasteiger partial charge in [0.15, 0.2) is 5.78 Å². The largest absolute Gasteiger partial charge is 0.496 e. The van der Waals surface area contributed by atoms with Crippen LogP contribution in [-0.4, -0.2) is 48.7 Å². The Bertz CT molecular complexity index is 817. The van der Waals surface area contributed by atoms with E-state index >= 15 is 0 Å². The average molecular weight is 355 g/mol. The molecule has 1 aromatic carbocycles. The molecule has 0 bridgehead atoms. The van der Waals surface area contributed by atoms with Crippen LogP contribution in [0.3, 0.4) is 0 Å². The first-order valence-corrected chi connectivity index (χ1v) is 8.64. The number of Topliss-reactive ketones (excluding diaryl/α,β-unsaturated/α-hetero) is 1. The van der Waals surface area contributed by atoms with Crippen molar-refractivity contribution in [3.05, 3.63) is 36.2 Å². The maximum Gasteiger partial charge on any atom is 0.225 e. The second-order valence-corrected chi connectivity index (χ2v) is 6.62. The van der Waals surface area contributed by atoms with E-state index in [2.05, 4.69) is 14.9 Å². The number of nitrogens with zero attached hydrogens (tertiary/aromatic N) is 3. The molecule has 26 heavy (non-hydrogen) atoms. The lowest BCUT2D eigenvalue weighted by Crippen LogP contribution is -2.51. The van der Waals surface area contributed by atoms with Crippen molar-refractivity contribution in [2.75, 3.05) is 32.2 Å². The maximum atomic E-state index is 12.9. The molecule has 136 valence electrons. The molecule has 1 aromatic heterocycles. The van der Waals surface area contributed by atoms with E-state index in [1.807, 2.05) is 0 Å². The molecule has 2 aromatic rings. The summed E-state index contributed by atoms with van der Waals surface area (Å²) in [4.78, 5) is 23.6. The number of benzene rings is 1. The molecular formula is C19H21N3O4. The Morgan fingerprint density at radius 2 is 1.85 bits per heavy atom. The minimum Gasteiger partial charge on any atom is -0.496 e. The van der Waals surface area contributed by atoms with E-state index in [1.54, 1.807) is 44.8 Å². The van der Waals surface area contributed by atoms with Crippen LogP contribution in [0.2, 0.25) is 0 Å². The van der Waals surface area contributed by atoms with Crippen molar-refractivity contribution < 1.29 is 19.0 Å². The first-order valence-electron chi connectivity index (χ1n) is 8.64. The number of ketones is 1. The second kappa shape index (κ2) is 6.48. The van der Waals surface area contributed by atoms with Crippen LogP contribution in [0.4, 0.5) is 5.95 Å². The number of anilines is 1. The van der Waals surface area contributed by atoms with Gasteiger partial charge in [-0.05, 0) is 6.07 Å². The zero-order chi connectivity index (χ0) is 18.1. The zero-order valence-electron chi connectivity index (χ0n) is 14.9. The number of carbonyl (C=O) groups is 1. The van der Waals surface area contributed by atoms with Gasteiger partial charge in [-0.15, -0.1) is 0 Å². The number of carbonyl (C=O) groups excluding carboxylic acids is 1. The molecule has 7 nitrogen and oxygen atoms in total. The average Bonchev–Trinajstić information content (AvgIpc) is 2.68. The van der Waals surface area contributed by atoms with E-state index in [9.17, 15) is 4.79 Å². The Morgan fingerprint density at radius 1 is 1.12 bits per heavy atom. The summed E-state index contributed by atoms with van der Waals surface area (Å²) in [5, 5.41) is 0. The van der Waals surface area contributed by atoms with Crippen molar-refractivity contribution in [1.82, 2.24) is 9.97 Å². The topological polar surface area (TPSA) is 73.8 Å². The van der Waals surface area contributed by atoms with Crippen LogP contribution in [0.5, 0.6) is 17.2 Å². The number of piperidine rings is 1. The smallest absolute Gasteiger partial charge is 0.225 e. The summed E-state index contributed by atoms with van der Waals surface area (Å²) in [6.07, 6.45) is 5.29. The number of ether oxygens (including phenoxy) is 3. The molecule has 4 rings (SSSR count). The molecule has 0 radical (unpaired) electrons.